The van der Waals surface area contributed by atoms with Crippen LogP contribution in [0.2, 0.25) is 5.02 Å². The van der Waals surface area contributed by atoms with Gasteiger partial charge >= 0.3 is 6.03 Å². The van der Waals surface area contributed by atoms with Crippen LogP contribution in [-0.2, 0) is 0 Å². The number of amides is 2. The SMILES string of the molecule is O=C(NCCCCN1CCN(c2ccc(Cl)cc2F)CC1)Nc1cnc2ccccc2c1. The topological polar surface area (TPSA) is 60.5 Å². The highest BCUT2D eigenvalue weighted by molar-refractivity contribution is 6.30. The Morgan fingerprint density at radius 1 is 1.06 bits per heavy atom. The van der Waals surface area contributed by atoms with Gasteiger partial charge in [0.1, 0.15) is 5.82 Å². The van der Waals surface area contributed by atoms with E-state index in [2.05, 4.69) is 25.4 Å². The highest BCUT2D eigenvalue weighted by Gasteiger charge is 2.19. The van der Waals surface area contributed by atoms with Crippen molar-refractivity contribution in [3.8, 4) is 0 Å². The fourth-order valence-electron chi connectivity index (χ4n) is 3.93. The van der Waals surface area contributed by atoms with E-state index in [4.69, 9.17) is 11.6 Å². The van der Waals surface area contributed by atoms with E-state index in [1.807, 2.05) is 30.3 Å². The summed E-state index contributed by atoms with van der Waals surface area (Å²) in [6, 6.07) is 14.3. The maximum atomic E-state index is 14.1. The van der Waals surface area contributed by atoms with Gasteiger partial charge in [0.2, 0.25) is 0 Å². The molecule has 0 saturated carbocycles. The number of hydrogen-bond donors (Lipinski definition) is 2. The number of halogens is 2. The number of fused-ring (bicyclic) bond motifs is 1. The van der Waals surface area contributed by atoms with E-state index in [1.165, 1.54) is 6.07 Å². The summed E-state index contributed by atoms with van der Waals surface area (Å²) >= 11 is 5.84. The van der Waals surface area contributed by atoms with Gasteiger partial charge < -0.3 is 15.5 Å². The lowest BCUT2D eigenvalue weighted by atomic mass is 10.2. The molecule has 3 aromatic rings. The fourth-order valence-corrected chi connectivity index (χ4v) is 4.09. The van der Waals surface area contributed by atoms with E-state index < -0.39 is 0 Å². The number of unbranched alkanes of at least 4 members (excludes halogenated alkanes) is 1. The van der Waals surface area contributed by atoms with Crippen molar-refractivity contribution >= 4 is 39.9 Å². The van der Waals surface area contributed by atoms with Gasteiger partial charge in [-0.25, -0.2) is 9.18 Å². The van der Waals surface area contributed by atoms with Gasteiger partial charge in [0.15, 0.2) is 0 Å². The van der Waals surface area contributed by atoms with Crippen LogP contribution in [0, 0.1) is 5.82 Å². The first-order valence-corrected chi connectivity index (χ1v) is 11.3. The number of carbonyl (C=O) groups is 1. The maximum Gasteiger partial charge on any atom is 0.319 e. The van der Waals surface area contributed by atoms with Crippen molar-refractivity contribution in [2.24, 2.45) is 0 Å². The zero-order chi connectivity index (χ0) is 22.3. The molecule has 1 saturated heterocycles. The Kier molecular flexibility index (Phi) is 7.39. The largest absolute Gasteiger partial charge is 0.367 e. The fraction of sp³-hybridized carbons (Fsp3) is 0.333. The van der Waals surface area contributed by atoms with Crippen molar-refractivity contribution in [1.29, 1.82) is 0 Å². The van der Waals surface area contributed by atoms with E-state index in [9.17, 15) is 9.18 Å². The number of rotatable bonds is 7. The van der Waals surface area contributed by atoms with Crippen molar-refractivity contribution in [3.63, 3.8) is 0 Å². The number of benzene rings is 2. The Morgan fingerprint density at radius 3 is 2.69 bits per heavy atom. The summed E-state index contributed by atoms with van der Waals surface area (Å²) in [7, 11) is 0. The third-order valence-corrected chi connectivity index (χ3v) is 5.89. The van der Waals surface area contributed by atoms with Gasteiger partial charge in [-0.3, -0.25) is 9.88 Å². The van der Waals surface area contributed by atoms with Crippen LogP contribution in [0.5, 0.6) is 0 Å². The lowest BCUT2D eigenvalue weighted by molar-refractivity contribution is 0.246. The zero-order valence-electron chi connectivity index (χ0n) is 17.9. The molecule has 0 unspecified atom stereocenters. The van der Waals surface area contributed by atoms with E-state index in [0.717, 1.165) is 56.5 Å². The Hall–Kier alpha value is -2.90. The molecule has 1 aliphatic rings. The average Bonchev–Trinajstić information content (AvgIpc) is 2.79. The van der Waals surface area contributed by atoms with Crippen LogP contribution in [0.3, 0.4) is 0 Å². The molecule has 0 spiro atoms. The number of urea groups is 1. The number of anilines is 2. The van der Waals surface area contributed by atoms with Crippen LogP contribution in [0.1, 0.15) is 12.8 Å². The number of nitrogens with zero attached hydrogens (tertiary/aromatic N) is 3. The van der Waals surface area contributed by atoms with Crippen molar-refractivity contribution in [1.82, 2.24) is 15.2 Å². The van der Waals surface area contributed by atoms with Crippen molar-refractivity contribution in [2.75, 3.05) is 49.5 Å². The molecule has 168 valence electrons. The molecule has 32 heavy (non-hydrogen) atoms. The second-order valence-electron chi connectivity index (χ2n) is 7.93. The standard InChI is InChI=1S/C24H27ClFN5O/c25-19-7-8-23(21(26)16-19)31-13-11-30(12-14-31)10-4-3-9-27-24(32)29-20-15-18-5-1-2-6-22(18)28-17-20/h1-2,5-8,15-17H,3-4,9-14H2,(H2,27,29,32). The van der Waals surface area contributed by atoms with Gasteiger partial charge in [0.05, 0.1) is 23.1 Å². The third-order valence-electron chi connectivity index (χ3n) is 5.66. The highest BCUT2D eigenvalue weighted by atomic mass is 35.5. The number of aromatic nitrogens is 1. The first kappa shape index (κ1) is 22.3. The second-order valence-corrected chi connectivity index (χ2v) is 8.37. The maximum absolute atomic E-state index is 14.1. The number of piperazine rings is 1. The molecule has 4 rings (SSSR count). The summed E-state index contributed by atoms with van der Waals surface area (Å²) in [4.78, 5) is 20.9. The van der Waals surface area contributed by atoms with E-state index in [-0.39, 0.29) is 11.8 Å². The summed E-state index contributed by atoms with van der Waals surface area (Å²) in [5.74, 6) is -0.269. The van der Waals surface area contributed by atoms with Crippen LogP contribution in [0.15, 0.2) is 54.7 Å². The van der Waals surface area contributed by atoms with Crippen LogP contribution in [0.4, 0.5) is 20.6 Å². The molecule has 1 aliphatic heterocycles. The van der Waals surface area contributed by atoms with Crippen molar-refractivity contribution < 1.29 is 9.18 Å². The lowest BCUT2D eigenvalue weighted by Gasteiger charge is -2.36. The zero-order valence-corrected chi connectivity index (χ0v) is 18.6. The predicted molar refractivity (Wildman–Crippen MR) is 128 cm³/mol. The molecule has 0 aliphatic carbocycles. The van der Waals surface area contributed by atoms with Crippen LogP contribution >= 0.6 is 11.6 Å². The van der Waals surface area contributed by atoms with Gasteiger partial charge in [-0.05, 0) is 49.7 Å². The van der Waals surface area contributed by atoms with Crippen molar-refractivity contribution in [2.45, 2.75) is 12.8 Å². The molecule has 0 radical (unpaired) electrons. The smallest absolute Gasteiger partial charge is 0.319 e. The minimum atomic E-state index is -0.269. The second kappa shape index (κ2) is 10.6. The molecule has 2 amide bonds. The summed E-state index contributed by atoms with van der Waals surface area (Å²) in [6.07, 6.45) is 3.56. The minimum absolute atomic E-state index is 0.222. The Morgan fingerprint density at radius 2 is 1.88 bits per heavy atom. The molecule has 2 aromatic carbocycles. The molecule has 2 heterocycles. The normalized spacial score (nSPS) is 14.5. The van der Waals surface area contributed by atoms with Crippen molar-refractivity contribution in [3.05, 3.63) is 65.6 Å². The van der Waals surface area contributed by atoms with Gasteiger partial charge in [0, 0.05) is 43.1 Å². The number of para-hydroxylation sites is 1. The predicted octanol–water partition coefficient (Wildman–Crippen LogP) is 4.75. The van der Waals surface area contributed by atoms with E-state index in [1.54, 1.807) is 18.3 Å². The summed E-state index contributed by atoms with van der Waals surface area (Å²) < 4.78 is 14.1. The molecule has 6 nitrogen and oxygen atoms in total. The Balaban J connectivity index is 1.12. The molecular formula is C24H27ClFN5O. The minimum Gasteiger partial charge on any atom is -0.367 e. The summed E-state index contributed by atoms with van der Waals surface area (Å²) in [5, 5.41) is 7.14. The van der Waals surface area contributed by atoms with Gasteiger partial charge in [-0.2, -0.15) is 0 Å². The summed E-state index contributed by atoms with van der Waals surface area (Å²) in [6.45, 7) is 4.95. The molecule has 0 bridgehead atoms. The van der Waals surface area contributed by atoms with Crippen LogP contribution < -0.4 is 15.5 Å². The van der Waals surface area contributed by atoms with Gasteiger partial charge in [0.25, 0.3) is 0 Å². The monoisotopic (exact) mass is 455 g/mol. The molecule has 1 aromatic heterocycles. The molecule has 2 N–H and O–H groups in total. The number of hydrogen-bond acceptors (Lipinski definition) is 4. The van der Waals surface area contributed by atoms with E-state index >= 15 is 0 Å². The first-order chi connectivity index (χ1) is 15.6. The number of carbonyl (C=O) groups excluding carboxylic acids is 1. The number of nitrogens with one attached hydrogen (secondary N) is 2. The molecule has 8 heteroatoms. The highest BCUT2D eigenvalue weighted by Crippen LogP contribution is 2.24. The quantitative estimate of drug-likeness (QED) is 0.505. The van der Waals surface area contributed by atoms with Gasteiger partial charge in [-0.1, -0.05) is 29.8 Å². The molecular weight excluding hydrogens is 429 g/mol. The van der Waals surface area contributed by atoms with Crippen LogP contribution in [-0.4, -0.2) is 55.2 Å². The third kappa shape index (κ3) is 5.87. The first-order valence-electron chi connectivity index (χ1n) is 10.9. The Labute approximate surface area is 192 Å². The number of pyridine rings is 1. The Bertz CT molecular complexity index is 1070. The van der Waals surface area contributed by atoms with Gasteiger partial charge in [-0.15, -0.1) is 0 Å². The van der Waals surface area contributed by atoms with Crippen LogP contribution in [0.25, 0.3) is 10.9 Å². The lowest BCUT2D eigenvalue weighted by Crippen LogP contribution is -2.47. The average molecular weight is 456 g/mol. The van der Waals surface area contributed by atoms with E-state index in [0.29, 0.717) is 22.9 Å². The summed E-state index contributed by atoms with van der Waals surface area (Å²) in [5.41, 5.74) is 2.19. The molecule has 1 fully saturated rings. The molecule has 0 atom stereocenters.